The summed E-state index contributed by atoms with van der Waals surface area (Å²) in [4.78, 5) is 21.1. The van der Waals surface area contributed by atoms with Crippen LogP contribution in [-0.4, -0.2) is 27.9 Å². The molecule has 0 aliphatic rings. The summed E-state index contributed by atoms with van der Waals surface area (Å²) in [5.74, 6) is 0.555. The third-order valence-corrected chi connectivity index (χ3v) is 3.36. The lowest BCUT2D eigenvalue weighted by Gasteiger charge is -2.22. The Balaban J connectivity index is 1.83. The molecule has 3 rings (SSSR count). The summed E-state index contributed by atoms with van der Waals surface area (Å²) in [6.07, 6.45) is -1.11. The molecule has 0 spiro atoms. The summed E-state index contributed by atoms with van der Waals surface area (Å²) >= 11 is 0. The largest absolute Gasteiger partial charge is 0.469 e. The smallest absolute Gasteiger partial charge is 0.410 e. The molecule has 3 aromatic rings. The average molecular weight is 339 g/mol. The number of nitrogens with zero attached hydrogens (tertiary/aromatic N) is 2. The van der Waals surface area contributed by atoms with Crippen LogP contribution >= 0.6 is 0 Å². The summed E-state index contributed by atoms with van der Waals surface area (Å²) in [6, 6.07) is 13.2. The van der Waals surface area contributed by atoms with Gasteiger partial charge in [-0.2, -0.15) is 0 Å². The first kappa shape index (κ1) is 17.0. The highest BCUT2D eigenvalue weighted by molar-refractivity contribution is 5.89. The maximum atomic E-state index is 11.9. The number of ether oxygens (including phenoxy) is 2. The van der Waals surface area contributed by atoms with Gasteiger partial charge in [0.15, 0.2) is 6.23 Å². The van der Waals surface area contributed by atoms with E-state index >= 15 is 0 Å². The Morgan fingerprint density at radius 1 is 1.00 bits per heavy atom. The SMILES string of the molecule is CC(NC(=O)OC(C)(C)C)Oc1cccc2nc3ccccc3nc12. The van der Waals surface area contributed by atoms with Gasteiger partial charge in [-0.3, -0.25) is 5.32 Å². The Morgan fingerprint density at radius 2 is 1.64 bits per heavy atom. The van der Waals surface area contributed by atoms with Gasteiger partial charge in [0.2, 0.25) is 0 Å². The van der Waals surface area contributed by atoms with Crippen molar-refractivity contribution in [2.75, 3.05) is 0 Å². The Hall–Kier alpha value is -2.89. The van der Waals surface area contributed by atoms with Crippen LogP contribution in [0.25, 0.3) is 22.1 Å². The van der Waals surface area contributed by atoms with E-state index in [9.17, 15) is 4.79 Å². The molecule has 1 amide bonds. The maximum absolute atomic E-state index is 11.9. The molecule has 0 fully saturated rings. The lowest BCUT2D eigenvalue weighted by molar-refractivity contribution is 0.0415. The molecule has 0 aliphatic heterocycles. The van der Waals surface area contributed by atoms with Crippen LogP contribution in [0.3, 0.4) is 0 Å². The number of benzene rings is 2. The van der Waals surface area contributed by atoms with E-state index in [0.717, 1.165) is 16.6 Å². The first-order valence-corrected chi connectivity index (χ1v) is 8.13. The van der Waals surface area contributed by atoms with Gasteiger partial charge < -0.3 is 9.47 Å². The minimum absolute atomic E-state index is 0.531. The zero-order valence-electron chi connectivity index (χ0n) is 14.7. The van der Waals surface area contributed by atoms with Crippen molar-refractivity contribution in [3.8, 4) is 5.75 Å². The van der Waals surface area contributed by atoms with E-state index in [2.05, 4.69) is 15.3 Å². The molecule has 0 aliphatic carbocycles. The Kier molecular flexibility index (Phi) is 4.44. The quantitative estimate of drug-likeness (QED) is 0.576. The summed E-state index contributed by atoms with van der Waals surface area (Å²) < 4.78 is 11.1. The number of rotatable bonds is 3. The Bertz CT molecular complexity index is 919. The fourth-order valence-corrected chi connectivity index (χ4v) is 2.41. The maximum Gasteiger partial charge on any atom is 0.410 e. The highest BCUT2D eigenvalue weighted by Crippen LogP contribution is 2.25. The zero-order valence-corrected chi connectivity index (χ0v) is 14.7. The normalized spacial score (nSPS) is 12.8. The number of alkyl carbamates (subject to hydrolysis) is 1. The fraction of sp³-hybridized carbons (Fsp3) is 0.316. The van der Waals surface area contributed by atoms with Gasteiger partial charge in [0.05, 0.1) is 16.6 Å². The van der Waals surface area contributed by atoms with Gasteiger partial charge in [-0.15, -0.1) is 0 Å². The Labute approximate surface area is 146 Å². The predicted octanol–water partition coefficient (Wildman–Crippen LogP) is 4.03. The molecule has 1 aromatic heterocycles. The van der Waals surface area contributed by atoms with E-state index < -0.39 is 17.9 Å². The lowest BCUT2D eigenvalue weighted by atomic mass is 10.2. The van der Waals surface area contributed by atoms with Gasteiger partial charge in [-0.1, -0.05) is 18.2 Å². The molecule has 1 atom stereocenters. The highest BCUT2D eigenvalue weighted by Gasteiger charge is 2.19. The molecular weight excluding hydrogens is 318 g/mol. The van der Waals surface area contributed by atoms with Gasteiger partial charge in [0.1, 0.15) is 16.9 Å². The second-order valence-corrected chi connectivity index (χ2v) is 6.74. The molecular formula is C19H21N3O3. The van der Waals surface area contributed by atoms with Crippen LogP contribution in [0.1, 0.15) is 27.7 Å². The third kappa shape index (κ3) is 4.15. The van der Waals surface area contributed by atoms with Gasteiger partial charge >= 0.3 is 6.09 Å². The van der Waals surface area contributed by atoms with E-state index in [1.165, 1.54) is 0 Å². The standard InChI is InChI=1S/C19H21N3O3/c1-12(20-18(23)25-19(2,3)4)24-16-11-7-10-15-17(16)22-14-9-6-5-8-13(14)21-15/h5-12H,1-4H3,(H,20,23). The predicted molar refractivity (Wildman–Crippen MR) is 96.5 cm³/mol. The van der Waals surface area contributed by atoms with Crippen LogP contribution in [0.15, 0.2) is 42.5 Å². The molecule has 0 saturated carbocycles. The molecule has 25 heavy (non-hydrogen) atoms. The van der Waals surface area contributed by atoms with Gasteiger partial charge in [-0.25, -0.2) is 14.8 Å². The number of hydrogen-bond donors (Lipinski definition) is 1. The van der Waals surface area contributed by atoms with Crippen molar-refractivity contribution in [1.29, 1.82) is 0 Å². The van der Waals surface area contributed by atoms with Crippen LogP contribution in [-0.2, 0) is 4.74 Å². The second-order valence-electron chi connectivity index (χ2n) is 6.74. The monoisotopic (exact) mass is 339 g/mol. The second kappa shape index (κ2) is 6.55. The molecule has 0 bridgehead atoms. The number of carbonyl (C=O) groups excluding carboxylic acids is 1. The van der Waals surface area contributed by atoms with Crippen molar-refractivity contribution in [1.82, 2.24) is 15.3 Å². The number of carbonyl (C=O) groups is 1. The minimum atomic E-state index is -0.575. The van der Waals surface area contributed by atoms with E-state index in [1.54, 1.807) is 13.0 Å². The zero-order chi connectivity index (χ0) is 18.0. The van der Waals surface area contributed by atoms with Gasteiger partial charge in [0, 0.05) is 0 Å². The number of aromatic nitrogens is 2. The van der Waals surface area contributed by atoms with Crippen molar-refractivity contribution in [3.63, 3.8) is 0 Å². The highest BCUT2D eigenvalue weighted by atomic mass is 16.6. The summed E-state index contributed by atoms with van der Waals surface area (Å²) in [5, 5.41) is 2.66. The fourth-order valence-electron chi connectivity index (χ4n) is 2.41. The van der Waals surface area contributed by atoms with E-state index in [0.29, 0.717) is 11.3 Å². The molecule has 2 aromatic carbocycles. The van der Waals surface area contributed by atoms with Crippen LogP contribution in [0, 0.1) is 0 Å². The van der Waals surface area contributed by atoms with Crippen molar-refractivity contribution in [2.45, 2.75) is 39.5 Å². The summed E-state index contributed by atoms with van der Waals surface area (Å²) in [7, 11) is 0. The van der Waals surface area contributed by atoms with Gasteiger partial charge in [0.25, 0.3) is 0 Å². The number of amides is 1. The Morgan fingerprint density at radius 3 is 2.32 bits per heavy atom. The summed E-state index contributed by atoms with van der Waals surface area (Å²) in [6.45, 7) is 7.16. The lowest BCUT2D eigenvalue weighted by Crippen LogP contribution is -2.40. The van der Waals surface area contributed by atoms with Crippen LogP contribution < -0.4 is 10.1 Å². The number of para-hydroxylation sites is 3. The first-order chi connectivity index (χ1) is 11.8. The summed E-state index contributed by atoms with van der Waals surface area (Å²) in [5.41, 5.74) is 2.44. The van der Waals surface area contributed by atoms with Crippen molar-refractivity contribution >= 4 is 28.2 Å². The molecule has 0 saturated heterocycles. The molecule has 130 valence electrons. The number of nitrogens with one attached hydrogen (secondary N) is 1. The molecule has 0 radical (unpaired) electrons. The first-order valence-electron chi connectivity index (χ1n) is 8.13. The van der Waals surface area contributed by atoms with E-state index in [1.807, 2.05) is 57.2 Å². The van der Waals surface area contributed by atoms with Crippen molar-refractivity contribution in [3.05, 3.63) is 42.5 Å². The molecule has 6 heteroatoms. The number of hydrogen-bond acceptors (Lipinski definition) is 5. The van der Waals surface area contributed by atoms with Crippen molar-refractivity contribution < 1.29 is 14.3 Å². The van der Waals surface area contributed by atoms with Crippen LogP contribution in [0.4, 0.5) is 4.79 Å². The van der Waals surface area contributed by atoms with Gasteiger partial charge in [-0.05, 0) is 52.0 Å². The number of fused-ring (bicyclic) bond motifs is 2. The molecule has 6 nitrogen and oxygen atoms in total. The molecule has 1 N–H and O–H groups in total. The molecule has 1 heterocycles. The van der Waals surface area contributed by atoms with Crippen LogP contribution in [0.5, 0.6) is 5.75 Å². The average Bonchev–Trinajstić information content (AvgIpc) is 2.51. The van der Waals surface area contributed by atoms with E-state index in [4.69, 9.17) is 9.47 Å². The molecule has 1 unspecified atom stereocenters. The third-order valence-electron chi connectivity index (χ3n) is 3.36. The van der Waals surface area contributed by atoms with Crippen LogP contribution in [0.2, 0.25) is 0 Å². The minimum Gasteiger partial charge on any atom is -0.469 e. The van der Waals surface area contributed by atoms with Crippen molar-refractivity contribution in [2.24, 2.45) is 0 Å². The topological polar surface area (TPSA) is 73.3 Å². The van der Waals surface area contributed by atoms with E-state index in [-0.39, 0.29) is 0 Å².